The van der Waals surface area contributed by atoms with Crippen molar-refractivity contribution in [1.82, 2.24) is 15.2 Å². The Morgan fingerprint density at radius 1 is 1.30 bits per heavy atom. The van der Waals surface area contributed by atoms with Crippen LogP contribution in [-0.2, 0) is 9.53 Å². The molecule has 0 saturated carbocycles. The fourth-order valence-electron chi connectivity index (χ4n) is 2.06. The molecule has 1 heterocycles. The molecule has 0 bridgehead atoms. The topological polar surface area (TPSA) is 67.9 Å². The second kappa shape index (κ2) is 6.32. The first-order valence-electron chi connectivity index (χ1n) is 6.77. The van der Waals surface area contributed by atoms with Gasteiger partial charge in [-0.3, -0.25) is 9.89 Å². The molecule has 20 heavy (non-hydrogen) atoms. The lowest BCUT2D eigenvalue weighted by atomic mass is 9.95. The van der Waals surface area contributed by atoms with Crippen LogP contribution in [0.5, 0.6) is 0 Å². The number of H-pyrrole nitrogens is 1. The smallest absolute Gasteiger partial charge is 0.316 e. The highest BCUT2D eigenvalue weighted by Gasteiger charge is 2.29. The van der Waals surface area contributed by atoms with Gasteiger partial charge in [-0.2, -0.15) is 5.10 Å². The summed E-state index contributed by atoms with van der Waals surface area (Å²) in [6.07, 6.45) is 0. The molecular formula is C15H19N3O2. The molecule has 1 atom stereocenters. The highest BCUT2D eigenvalue weighted by Crippen LogP contribution is 2.25. The average molecular weight is 273 g/mol. The lowest BCUT2D eigenvalue weighted by Crippen LogP contribution is -2.22. The monoisotopic (exact) mass is 273 g/mol. The van der Waals surface area contributed by atoms with E-state index in [0.29, 0.717) is 18.3 Å². The summed E-state index contributed by atoms with van der Waals surface area (Å²) in [4.78, 5) is 16.5. The third kappa shape index (κ3) is 3.04. The maximum absolute atomic E-state index is 12.0. The van der Waals surface area contributed by atoms with Crippen molar-refractivity contribution in [2.45, 2.75) is 26.7 Å². The Morgan fingerprint density at radius 2 is 2.00 bits per heavy atom. The second-order valence-corrected chi connectivity index (χ2v) is 4.88. The number of aromatic amines is 1. The molecule has 0 amide bonds. The van der Waals surface area contributed by atoms with Crippen LogP contribution in [0.25, 0.3) is 11.4 Å². The van der Waals surface area contributed by atoms with Crippen LogP contribution < -0.4 is 0 Å². The lowest BCUT2D eigenvalue weighted by molar-refractivity contribution is -0.146. The Morgan fingerprint density at radius 3 is 2.60 bits per heavy atom. The highest BCUT2D eigenvalue weighted by atomic mass is 16.5. The van der Waals surface area contributed by atoms with Gasteiger partial charge in [-0.1, -0.05) is 44.2 Å². The van der Waals surface area contributed by atoms with E-state index in [1.165, 1.54) is 0 Å². The quantitative estimate of drug-likeness (QED) is 0.850. The number of rotatable bonds is 5. The van der Waals surface area contributed by atoms with Crippen molar-refractivity contribution >= 4 is 5.97 Å². The Kier molecular flexibility index (Phi) is 4.50. The molecular weight excluding hydrogens is 254 g/mol. The normalized spacial score (nSPS) is 12.4. The van der Waals surface area contributed by atoms with Crippen LogP contribution >= 0.6 is 0 Å². The second-order valence-electron chi connectivity index (χ2n) is 4.88. The van der Waals surface area contributed by atoms with E-state index < -0.39 is 5.92 Å². The van der Waals surface area contributed by atoms with Gasteiger partial charge in [0.2, 0.25) is 0 Å². The van der Waals surface area contributed by atoms with E-state index in [4.69, 9.17) is 4.74 Å². The summed E-state index contributed by atoms with van der Waals surface area (Å²) in [6, 6.07) is 9.66. The lowest BCUT2D eigenvalue weighted by Gasteiger charge is -2.16. The van der Waals surface area contributed by atoms with E-state index >= 15 is 0 Å². The van der Waals surface area contributed by atoms with Crippen LogP contribution in [0.3, 0.4) is 0 Å². The molecule has 0 radical (unpaired) electrons. The zero-order chi connectivity index (χ0) is 14.5. The van der Waals surface area contributed by atoms with E-state index in [-0.39, 0.29) is 11.9 Å². The fraction of sp³-hybridized carbons (Fsp3) is 0.400. The zero-order valence-electron chi connectivity index (χ0n) is 12.0. The molecule has 5 nitrogen and oxygen atoms in total. The third-order valence-corrected chi connectivity index (χ3v) is 3.04. The number of esters is 1. The molecule has 1 aromatic heterocycles. The van der Waals surface area contributed by atoms with Crippen molar-refractivity contribution in [3.8, 4) is 11.4 Å². The fourth-order valence-corrected chi connectivity index (χ4v) is 2.06. The molecule has 0 fully saturated rings. The standard InChI is InChI=1S/C15H19N3O2/c1-4-20-15(19)12(10(2)3)14-16-13(17-18-14)11-8-6-5-7-9-11/h5-10,12H,4H2,1-3H3,(H,16,17,18). The van der Waals surface area contributed by atoms with Crippen LogP contribution in [0.4, 0.5) is 0 Å². The maximum atomic E-state index is 12.0. The van der Waals surface area contributed by atoms with Gasteiger partial charge in [0.15, 0.2) is 5.82 Å². The van der Waals surface area contributed by atoms with Crippen LogP contribution in [0.15, 0.2) is 30.3 Å². The van der Waals surface area contributed by atoms with Gasteiger partial charge in [-0.15, -0.1) is 0 Å². The van der Waals surface area contributed by atoms with E-state index in [1.807, 2.05) is 44.2 Å². The van der Waals surface area contributed by atoms with Crippen molar-refractivity contribution in [3.05, 3.63) is 36.2 Å². The molecule has 2 rings (SSSR count). The summed E-state index contributed by atoms with van der Waals surface area (Å²) < 4.78 is 5.11. The summed E-state index contributed by atoms with van der Waals surface area (Å²) in [7, 11) is 0. The Bertz CT molecular complexity index is 564. The van der Waals surface area contributed by atoms with Crippen molar-refractivity contribution in [1.29, 1.82) is 0 Å². The van der Waals surface area contributed by atoms with Crippen LogP contribution in [0.1, 0.15) is 32.5 Å². The number of carbonyl (C=O) groups excluding carboxylic acids is 1. The number of benzene rings is 1. The first-order valence-corrected chi connectivity index (χ1v) is 6.77. The van der Waals surface area contributed by atoms with E-state index in [9.17, 15) is 4.79 Å². The van der Waals surface area contributed by atoms with Crippen LogP contribution in [0, 0.1) is 5.92 Å². The molecule has 0 aliphatic heterocycles. The van der Waals surface area contributed by atoms with Crippen molar-refractivity contribution in [2.24, 2.45) is 5.92 Å². The minimum absolute atomic E-state index is 0.0885. The summed E-state index contributed by atoms with van der Waals surface area (Å²) >= 11 is 0. The number of nitrogens with zero attached hydrogens (tertiary/aromatic N) is 2. The molecule has 106 valence electrons. The minimum atomic E-state index is -0.417. The van der Waals surface area contributed by atoms with Gasteiger partial charge in [0.1, 0.15) is 11.7 Å². The first-order chi connectivity index (χ1) is 9.63. The van der Waals surface area contributed by atoms with Crippen molar-refractivity contribution < 1.29 is 9.53 Å². The molecule has 0 aliphatic carbocycles. The van der Waals surface area contributed by atoms with E-state index in [2.05, 4.69) is 15.2 Å². The maximum Gasteiger partial charge on any atom is 0.316 e. The molecule has 1 N–H and O–H groups in total. The zero-order valence-corrected chi connectivity index (χ0v) is 12.0. The molecule has 0 aliphatic rings. The Hall–Kier alpha value is -2.17. The minimum Gasteiger partial charge on any atom is -0.465 e. The van der Waals surface area contributed by atoms with Gasteiger partial charge in [-0.05, 0) is 12.8 Å². The Balaban J connectivity index is 2.28. The van der Waals surface area contributed by atoms with Crippen LogP contribution in [0.2, 0.25) is 0 Å². The SMILES string of the molecule is CCOC(=O)C(c1nc(-c2ccccc2)n[nH]1)C(C)C. The summed E-state index contributed by atoms with van der Waals surface area (Å²) in [6.45, 7) is 6.09. The summed E-state index contributed by atoms with van der Waals surface area (Å²) in [5.41, 5.74) is 0.918. The van der Waals surface area contributed by atoms with Gasteiger partial charge in [0.25, 0.3) is 0 Å². The van der Waals surface area contributed by atoms with Gasteiger partial charge < -0.3 is 4.74 Å². The molecule has 1 aromatic carbocycles. The number of aromatic nitrogens is 3. The van der Waals surface area contributed by atoms with Crippen molar-refractivity contribution in [2.75, 3.05) is 6.61 Å². The summed E-state index contributed by atoms with van der Waals surface area (Å²) in [5.74, 6) is 0.552. The Labute approximate surface area is 118 Å². The largest absolute Gasteiger partial charge is 0.465 e. The molecule has 0 saturated heterocycles. The third-order valence-electron chi connectivity index (χ3n) is 3.04. The number of nitrogens with one attached hydrogen (secondary N) is 1. The number of carbonyl (C=O) groups is 1. The highest BCUT2D eigenvalue weighted by molar-refractivity contribution is 5.77. The molecule has 2 aromatic rings. The van der Waals surface area contributed by atoms with Gasteiger partial charge in [0, 0.05) is 5.56 Å². The number of ether oxygens (including phenoxy) is 1. The average Bonchev–Trinajstić information content (AvgIpc) is 2.89. The van der Waals surface area contributed by atoms with Crippen molar-refractivity contribution in [3.63, 3.8) is 0 Å². The number of hydrogen-bond acceptors (Lipinski definition) is 4. The molecule has 5 heteroatoms. The predicted molar refractivity (Wildman–Crippen MR) is 76.0 cm³/mol. The van der Waals surface area contributed by atoms with Gasteiger partial charge >= 0.3 is 5.97 Å². The first kappa shape index (κ1) is 14.2. The van der Waals surface area contributed by atoms with Crippen LogP contribution in [-0.4, -0.2) is 27.8 Å². The number of hydrogen-bond donors (Lipinski definition) is 1. The van der Waals surface area contributed by atoms with Gasteiger partial charge in [0.05, 0.1) is 6.61 Å². The predicted octanol–water partition coefficient (Wildman–Crippen LogP) is 2.77. The van der Waals surface area contributed by atoms with E-state index in [0.717, 1.165) is 5.56 Å². The van der Waals surface area contributed by atoms with E-state index in [1.54, 1.807) is 6.92 Å². The molecule has 0 spiro atoms. The molecule has 1 unspecified atom stereocenters. The summed E-state index contributed by atoms with van der Waals surface area (Å²) in [5, 5.41) is 7.05. The van der Waals surface area contributed by atoms with Gasteiger partial charge in [-0.25, -0.2) is 4.98 Å².